The zero-order chi connectivity index (χ0) is 9.10. The standard InChI is InChI=1S/C10H12OS2/c11-13-8-4-7-12-10(13)9-5-2-1-3-6-9/h1-3,5-6,10H,4,7-8H2/t10?,13-/m0/s1. The number of benzene rings is 1. The van der Waals surface area contributed by atoms with Gasteiger partial charge in [0.25, 0.3) is 0 Å². The van der Waals surface area contributed by atoms with E-state index in [-0.39, 0.29) is 4.58 Å². The highest BCUT2D eigenvalue weighted by Gasteiger charge is 2.22. The highest BCUT2D eigenvalue weighted by molar-refractivity contribution is 8.11. The first kappa shape index (κ1) is 9.28. The van der Waals surface area contributed by atoms with Crippen LogP contribution in [0, 0.1) is 0 Å². The Balaban J connectivity index is 2.20. The van der Waals surface area contributed by atoms with Gasteiger partial charge >= 0.3 is 0 Å². The maximum atomic E-state index is 11.7. The van der Waals surface area contributed by atoms with Gasteiger partial charge in [-0.05, 0) is 17.7 Å². The highest BCUT2D eigenvalue weighted by Crippen LogP contribution is 2.36. The van der Waals surface area contributed by atoms with Crippen molar-refractivity contribution in [1.29, 1.82) is 0 Å². The fourth-order valence-corrected chi connectivity index (χ4v) is 4.78. The van der Waals surface area contributed by atoms with Gasteiger partial charge in [-0.3, -0.25) is 4.21 Å². The van der Waals surface area contributed by atoms with E-state index in [0.717, 1.165) is 17.9 Å². The maximum absolute atomic E-state index is 11.7. The summed E-state index contributed by atoms with van der Waals surface area (Å²) in [5, 5.41) is 0. The van der Waals surface area contributed by atoms with Gasteiger partial charge in [0.2, 0.25) is 0 Å². The van der Waals surface area contributed by atoms with Crippen molar-refractivity contribution in [2.24, 2.45) is 0 Å². The predicted octanol–water partition coefficient (Wildman–Crippen LogP) is 2.57. The van der Waals surface area contributed by atoms with E-state index in [1.54, 1.807) is 0 Å². The molecule has 70 valence electrons. The van der Waals surface area contributed by atoms with Crippen molar-refractivity contribution in [2.45, 2.75) is 11.0 Å². The lowest BCUT2D eigenvalue weighted by molar-refractivity contribution is 0.679. The monoisotopic (exact) mass is 212 g/mol. The lowest BCUT2D eigenvalue weighted by atomic mass is 10.2. The van der Waals surface area contributed by atoms with Gasteiger partial charge in [-0.25, -0.2) is 0 Å². The van der Waals surface area contributed by atoms with Crippen molar-refractivity contribution in [3.8, 4) is 0 Å². The van der Waals surface area contributed by atoms with Crippen molar-refractivity contribution in [1.82, 2.24) is 0 Å². The van der Waals surface area contributed by atoms with Gasteiger partial charge in [0.15, 0.2) is 0 Å². The Kier molecular flexibility index (Phi) is 3.06. The van der Waals surface area contributed by atoms with Crippen LogP contribution in [0.3, 0.4) is 0 Å². The predicted molar refractivity (Wildman–Crippen MR) is 59.3 cm³/mol. The van der Waals surface area contributed by atoms with Crippen molar-refractivity contribution in [3.05, 3.63) is 35.9 Å². The summed E-state index contributed by atoms with van der Waals surface area (Å²) in [5.41, 5.74) is 1.21. The van der Waals surface area contributed by atoms with Crippen LogP contribution in [-0.4, -0.2) is 15.7 Å². The lowest BCUT2D eigenvalue weighted by Crippen LogP contribution is -2.13. The van der Waals surface area contributed by atoms with Crippen LogP contribution in [0.4, 0.5) is 0 Å². The minimum atomic E-state index is -0.666. The first-order valence-electron chi connectivity index (χ1n) is 4.41. The van der Waals surface area contributed by atoms with E-state index in [9.17, 15) is 4.21 Å². The number of rotatable bonds is 1. The third-order valence-electron chi connectivity index (χ3n) is 2.07. The van der Waals surface area contributed by atoms with Crippen LogP contribution in [0.2, 0.25) is 0 Å². The summed E-state index contributed by atoms with van der Waals surface area (Å²) in [5.74, 6) is 2.01. The molecule has 0 aliphatic carbocycles. The van der Waals surface area contributed by atoms with E-state index in [1.165, 1.54) is 5.56 Å². The van der Waals surface area contributed by atoms with Crippen LogP contribution in [0.15, 0.2) is 30.3 Å². The molecule has 2 rings (SSSR count). The summed E-state index contributed by atoms with van der Waals surface area (Å²) in [6.45, 7) is 0. The SMILES string of the molecule is O=[S@]1CCCSC1c1ccccc1. The second-order valence-electron chi connectivity index (χ2n) is 3.05. The Morgan fingerprint density at radius 1 is 1.31 bits per heavy atom. The van der Waals surface area contributed by atoms with Gasteiger partial charge < -0.3 is 0 Å². The summed E-state index contributed by atoms with van der Waals surface area (Å²) in [6, 6.07) is 10.2. The van der Waals surface area contributed by atoms with Gasteiger partial charge in [-0.1, -0.05) is 30.3 Å². The zero-order valence-electron chi connectivity index (χ0n) is 7.31. The van der Waals surface area contributed by atoms with Crippen molar-refractivity contribution < 1.29 is 4.21 Å². The molecule has 1 fully saturated rings. The molecule has 1 nitrogen and oxygen atoms in total. The largest absolute Gasteiger partial charge is 0.258 e. The van der Waals surface area contributed by atoms with E-state index in [2.05, 4.69) is 12.1 Å². The molecule has 1 aromatic rings. The minimum Gasteiger partial charge on any atom is -0.258 e. The van der Waals surface area contributed by atoms with Gasteiger partial charge in [0, 0.05) is 16.6 Å². The second-order valence-corrected chi connectivity index (χ2v) is 6.20. The average Bonchev–Trinajstić information content (AvgIpc) is 2.20. The van der Waals surface area contributed by atoms with Crippen molar-refractivity contribution in [2.75, 3.05) is 11.5 Å². The van der Waals surface area contributed by atoms with Gasteiger partial charge in [-0.15, -0.1) is 11.8 Å². The normalized spacial score (nSPS) is 28.6. The van der Waals surface area contributed by atoms with E-state index >= 15 is 0 Å². The van der Waals surface area contributed by atoms with Crippen molar-refractivity contribution >= 4 is 22.6 Å². The summed E-state index contributed by atoms with van der Waals surface area (Å²) >= 11 is 1.82. The second kappa shape index (κ2) is 4.29. The molecule has 0 N–H and O–H groups in total. The number of thioether (sulfide) groups is 1. The average molecular weight is 212 g/mol. The molecule has 1 aromatic carbocycles. The molecule has 0 saturated carbocycles. The van der Waals surface area contributed by atoms with E-state index in [4.69, 9.17) is 0 Å². The number of hydrogen-bond donors (Lipinski definition) is 0. The highest BCUT2D eigenvalue weighted by atomic mass is 32.2. The van der Waals surface area contributed by atoms with Crippen LogP contribution < -0.4 is 0 Å². The van der Waals surface area contributed by atoms with Crippen LogP contribution in [0.25, 0.3) is 0 Å². The van der Waals surface area contributed by atoms with E-state index in [0.29, 0.717) is 0 Å². The first-order valence-corrected chi connectivity index (χ1v) is 6.85. The molecule has 1 unspecified atom stereocenters. The van der Waals surface area contributed by atoms with Gasteiger partial charge in [-0.2, -0.15) is 0 Å². The topological polar surface area (TPSA) is 17.1 Å². The van der Waals surface area contributed by atoms with Crippen molar-refractivity contribution in [3.63, 3.8) is 0 Å². The molecular weight excluding hydrogens is 200 g/mol. The molecule has 1 saturated heterocycles. The minimum absolute atomic E-state index is 0.218. The third kappa shape index (κ3) is 2.15. The molecule has 0 bridgehead atoms. The van der Waals surface area contributed by atoms with Crippen LogP contribution in [0.1, 0.15) is 16.6 Å². The molecule has 13 heavy (non-hydrogen) atoms. The Hall–Kier alpha value is -0.280. The zero-order valence-corrected chi connectivity index (χ0v) is 8.94. The van der Waals surface area contributed by atoms with Crippen LogP contribution >= 0.6 is 11.8 Å². The molecule has 1 heterocycles. The maximum Gasteiger partial charge on any atom is 0.105 e. The Bertz CT molecular complexity index is 297. The first-order chi connectivity index (χ1) is 6.38. The molecule has 0 aromatic heterocycles. The quantitative estimate of drug-likeness (QED) is 0.711. The van der Waals surface area contributed by atoms with Gasteiger partial charge in [0.1, 0.15) is 4.58 Å². The summed E-state index contributed by atoms with van der Waals surface area (Å²) in [7, 11) is -0.666. The Morgan fingerprint density at radius 3 is 2.77 bits per heavy atom. The molecule has 0 spiro atoms. The molecular formula is C10H12OS2. The Morgan fingerprint density at radius 2 is 2.08 bits per heavy atom. The molecule has 0 radical (unpaired) electrons. The fourth-order valence-electron chi connectivity index (χ4n) is 1.43. The molecule has 0 amide bonds. The molecule has 2 atom stereocenters. The van der Waals surface area contributed by atoms with Crippen LogP contribution in [0.5, 0.6) is 0 Å². The number of hydrogen-bond acceptors (Lipinski definition) is 2. The molecule has 1 aliphatic rings. The van der Waals surface area contributed by atoms with Crippen LogP contribution in [-0.2, 0) is 10.8 Å². The Labute approximate surface area is 85.4 Å². The molecule has 3 heteroatoms. The lowest BCUT2D eigenvalue weighted by Gasteiger charge is -2.20. The van der Waals surface area contributed by atoms with E-state index < -0.39 is 10.8 Å². The summed E-state index contributed by atoms with van der Waals surface area (Å²) < 4.78 is 11.9. The summed E-state index contributed by atoms with van der Waals surface area (Å²) in [4.78, 5) is 0. The molecule has 1 aliphatic heterocycles. The third-order valence-corrected chi connectivity index (χ3v) is 5.66. The van der Waals surface area contributed by atoms with Gasteiger partial charge in [0.05, 0.1) is 0 Å². The fraction of sp³-hybridized carbons (Fsp3) is 0.400. The summed E-state index contributed by atoms with van der Waals surface area (Å²) in [6.07, 6.45) is 1.10. The van der Waals surface area contributed by atoms with E-state index in [1.807, 2.05) is 30.0 Å². The smallest absolute Gasteiger partial charge is 0.105 e.